The van der Waals surface area contributed by atoms with E-state index in [9.17, 15) is 9.59 Å². The summed E-state index contributed by atoms with van der Waals surface area (Å²) in [7, 11) is 3.74. The van der Waals surface area contributed by atoms with Crippen LogP contribution in [0.3, 0.4) is 0 Å². The van der Waals surface area contributed by atoms with E-state index in [0.29, 0.717) is 11.6 Å². The zero-order valence-corrected chi connectivity index (χ0v) is 12.5. The molecule has 2 amide bonds. The molecule has 1 saturated carbocycles. The molecular formula is C16H17N3O3. The van der Waals surface area contributed by atoms with Crippen LogP contribution in [0.1, 0.15) is 12.2 Å². The third kappa shape index (κ3) is 1.76. The van der Waals surface area contributed by atoms with Gasteiger partial charge in [-0.15, -0.1) is 0 Å². The summed E-state index contributed by atoms with van der Waals surface area (Å²) in [5.74, 6) is 0.834. The van der Waals surface area contributed by atoms with Crippen LogP contribution in [-0.4, -0.2) is 37.1 Å². The SMILES string of the molecule is CN(C)c1ccc(/C=N\N2C(=O)[C@@H]3[C@H](C2=O)[C@H]2C=C[C@H]3C2)o1. The molecule has 3 aliphatic rings. The second-order valence-electron chi connectivity index (χ2n) is 6.30. The molecule has 1 aromatic heterocycles. The van der Waals surface area contributed by atoms with Gasteiger partial charge in [0.1, 0.15) is 5.76 Å². The molecule has 6 nitrogen and oxygen atoms in total. The van der Waals surface area contributed by atoms with E-state index in [4.69, 9.17) is 4.42 Å². The fourth-order valence-corrected chi connectivity index (χ4v) is 3.77. The minimum absolute atomic E-state index is 0.178. The number of fused-ring (bicyclic) bond motifs is 5. The number of furan rings is 1. The third-order valence-electron chi connectivity index (χ3n) is 4.80. The number of carbonyl (C=O) groups is 2. The summed E-state index contributed by atoms with van der Waals surface area (Å²) in [6, 6.07) is 3.57. The van der Waals surface area contributed by atoms with E-state index in [0.717, 1.165) is 11.4 Å². The van der Waals surface area contributed by atoms with Crippen LogP contribution in [0.15, 0.2) is 33.8 Å². The number of carbonyl (C=O) groups excluding carboxylic acids is 2. The molecular weight excluding hydrogens is 282 g/mol. The second-order valence-corrected chi connectivity index (χ2v) is 6.30. The number of hydrogen-bond acceptors (Lipinski definition) is 5. The summed E-state index contributed by atoms with van der Waals surface area (Å²) < 4.78 is 5.54. The number of hydrogen-bond donors (Lipinski definition) is 0. The van der Waals surface area contributed by atoms with Crippen LogP contribution < -0.4 is 4.90 Å². The Balaban J connectivity index is 1.55. The molecule has 4 rings (SSSR count). The van der Waals surface area contributed by atoms with Crippen molar-refractivity contribution < 1.29 is 14.0 Å². The van der Waals surface area contributed by atoms with Crippen LogP contribution in [0, 0.1) is 23.7 Å². The van der Waals surface area contributed by atoms with E-state index in [1.54, 1.807) is 6.07 Å². The number of imide groups is 1. The van der Waals surface area contributed by atoms with Crippen LogP contribution >= 0.6 is 0 Å². The molecule has 0 N–H and O–H groups in total. The topological polar surface area (TPSA) is 66.1 Å². The Morgan fingerprint density at radius 1 is 1.18 bits per heavy atom. The summed E-state index contributed by atoms with van der Waals surface area (Å²) >= 11 is 0. The fraction of sp³-hybridized carbons (Fsp3) is 0.438. The Labute approximate surface area is 128 Å². The molecule has 22 heavy (non-hydrogen) atoms. The highest BCUT2D eigenvalue weighted by Crippen LogP contribution is 2.52. The van der Waals surface area contributed by atoms with Gasteiger partial charge in [-0.05, 0) is 24.3 Å². The van der Waals surface area contributed by atoms with Crippen molar-refractivity contribution >= 4 is 23.9 Å². The minimum Gasteiger partial charge on any atom is -0.440 e. The molecule has 1 aromatic rings. The van der Waals surface area contributed by atoms with Gasteiger partial charge in [0.05, 0.1) is 18.1 Å². The van der Waals surface area contributed by atoms with Crippen LogP contribution in [0.5, 0.6) is 0 Å². The number of anilines is 1. The summed E-state index contributed by atoms with van der Waals surface area (Å²) in [6.07, 6.45) is 6.49. The van der Waals surface area contributed by atoms with Crippen molar-refractivity contribution in [3.63, 3.8) is 0 Å². The zero-order chi connectivity index (χ0) is 15.4. The Bertz CT molecular complexity index is 673. The van der Waals surface area contributed by atoms with E-state index >= 15 is 0 Å². The maximum Gasteiger partial charge on any atom is 0.254 e. The minimum atomic E-state index is -0.214. The lowest BCUT2D eigenvalue weighted by Gasteiger charge is -2.13. The van der Waals surface area contributed by atoms with Crippen molar-refractivity contribution in [1.82, 2.24) is 5.01 Å². The van der Waals surface area contributed by atoms with Crippen LogP contribution in [0.2, 0.25) is 0 Å². The van der Waals surface area contributed by atoms with Gasteiger partial charge in [-0.3, -0.25) is 9.59 Å². The van der Waals surface area contributed by atoms with Crippen molar-refractivity contribution in [2.24, 2.45) is 28.8 Å². The molecule has 2 aliphatic carbocycles. The molecule has 4 atom stereocenters. The number of nitrogens with zero attached hydrogens (tertiary/aromatic N) is 3. The lowest BCUT2D eigenvalue weighted by molar-refractivity contribution is -0.140. The second kappa shape index (κ2) is 4.56. The molecule has 1 aliphatic heterocycles. The first-order valence-corrected chi connectivity index (χ1v) is 7.43. The quantitative estimate of drug-likeness (QED) is 0.482. The molecule has 2 heterocycles. The first-order valence-electron chi connectivity index (χ1n) is 7.43. The summed E-state index contributed by atoms with van der Waals surface area (Å²) in [4.78, 5) is 26.7. The van der Waals surface area contributed by atoms with Gasteiger partial charge in [0, 0.05) is 20.2 Å². The smallest absolute Gasteiger partial charge is 0.254 e. The molecule has 0 unspecified atom stereocenters. The van der Waals surface area contributed by atoms with Crippen molar-refractivity contribution in [2.45, 2.75) is 6.42 Å². The van der Waals surface area contributed by atoms with Crippen LogP contribution in [-0.2, 0) is 9.59 Å². The number of hydrazone groups is 1. The van der Waals surface area contributed by atoms with Crippen molar-refractivity contribution in [1.29, 1.82) is 0 Å². The van der Waals surface area contributed by atoms with Gasteiger partial charge < -0.3 is 9.32 Å². The Morgan fingerprint density at radius 2 is 1.82 bits per heavy atom. The maximum atomic E-state index is 12.4. The van der Waals surface area contributed by atoms with E-state index in [1.165, 1.54) is 6.21 Å². The Hall–Kier alpha value is -2.37. The summed E-state index contributed by atoms with van der Waals surface area (Å²) in [6.45, 7) is 0. The molecule has 6 heteroatoms. The largest absolute Gasteiger partial charge is 0.440 e. The highest BCUT2D eigenvalue weighted by molar-refractivity contribution is 6.06. The Morgan fingerprint density at radius 3 is 2.36 bits per heavy atom. The van der Waals surface area contributed by atoms with E-state index in [2.05, 4.69) is 17.3 Å². The van der Waals surface area contributed by atoms with Crippen LogP contribution in [0.25, 0.3) is 0 Å². The molecule has 0 radical (unpaired) electrons. The third-order valence-corrected chi connectivity index (χ3v) is 4.80. The average molecular weight is 299 g/mol. The summed E-state index contributed by atoms with van der Waals surface area (Å²) in [5, 5.41) is 5.10. The number of allylic oxidation sites excluding steroid dienone is 2. The zero-order valence-electron chi connectivity index (χ0n) is 12.5. The van der Waals surface area contributed by atoms with Gasteiger partial charge in [0.15, 0.2) is 5.88 Å². The van der Waals surface area contributed by atoms with Gasteiger partial charge in [0.25, 0.3) is 11.8 Å². The highest BCUT2D eigenvalue weighted by Gasteiger charge is 2.59. The maximum absolute atomic E-state index is 12.4. The number of rotatable bonds is 3. The standard InChI is InChI=1S/C16H17N3O3/c1-18(2)12-6-5-11(22-12)8-17-19-15(20)13-9-3-4-10(7-9)14(13)16(19)21/h3-6,8-10,13-14H,7H2,1-2H3/b17-8-/t9-,10-,13-,14+/m0/s1. The van der Waals surface area contributed by atoms with Gasteiger partial charge in [0.2, 0.25) is 0 Å². The summed E-state index contributed by atoms with van der Waals surface area (Å²) in [5.41, 5.74) is 0. The lowest BCUT2D eigenvalue weighted by atomic mass is 9.85. The van der Waals surface area contributed by atoms with Gasteiger partial charge in [-0.1, -0.05) is 12.2 Å². The molecule has 1 saturated heterocycles. The molecule has 114 valence electrons. The van der Waals surface area contributed by atoms with Gasteiger partial charge in [-0.25, -0.2) is 0 Å². The molecule has 2 bridgehead atoms. The first-order chi connectivity index (χ1) is 10.6. The number of amides is 2. The molecule has 0 spiro atoms. The van der Waals surface area contributed by atoms with Crippen molar-refractivity contribution in [3.8, 4) is 0 Å². The molecule has 2 fully saturated rings. The van der Waals surface area contributed by atoms with E-state index < -0.39 is 0 Å². The van der Waals surface area contributed by atoms with Crippen molar-refractivity contribution in [2.75, 3.05) is 19.0 Å². The molecule has 0 aromatic carbocycles. The van der Waals surface area contributed by atoms with Gasteiger partial charge >= 0.3 is 0 Å². The monoisotopic (exact) mass is 299 g/mol. The Kier molecular flexibility index (Phi) is 2.76. The normalized spacial score (nSPS) is 32.5. The predicted octanol–water partition coefficient (Wildman–Crippen LogP) is 1.49. The predicted molar refractivity (Wildman–Crippen MR) is 80.2 cm³/mol. The first kappa shape index (κ1) is 13.3. The van der Waals surface area contributed by atoms with Crippen molar-refractivity contribution in [3.05, 3.63) is 30.0 Å². The van der Waals surface area contributed by atoms with E-state index in [-0.39, 0.29) is 35.5 Å². The fourth-order valence-electron chi connectivity index (χ4n) is 3.77. The highest BCUT2D eigenvalue weighted by atomic mass is 16.4. The van der Waals surface area contributed by atoms with Gasteiger partial charge in [-0.2, -0.15) is 10.1 Å². The average Bonchev–Trinajstić information content (AvgIpc) is 3.23. The lowest BCUT2D eigenvalue weighted by Crippen LogP contribution is -2.28. The van der Waals surface area contributed by atoms with E-state index in [1.807, 2.05) is 25.1 Å². The van der Waals surface area contributed by atoms with Crippen LogP contribution in [0.4, 0.5) is 5.88 Å².